The van der Waals surface area contributed by atoms with Gasteiger partial charge in [-0.15, -0.1) is 0 Å². The molecule has 3 rings (SSSR count). The first-order valence-corrected chi connectivity index (χ1v) is 8.16. The standard InChI is InChI=1S/C16H26O4/c1-5-10-9-15(7-3)13-12(10)11(6-2)19-20-16(13,8-4)14(17)18-15/h10-13H,5-9H2,1-4H3/t10-,11+,12-,13+,15-,16+/m1/s1. The van der Waals surface area contributed by atoms with Gasteiger partial charge in [-0.2, -0.15) is 0 Å². The zero-order valence-electron chi connectivity index (χ0n) is 13.0. The van der Waals surface area contributed by atoms with Gasteiger partial charge in [0.25, 0.3) is 0 Å². The summed E-state index contributed by atoms with van der Waals surface area (Å²) in [4.78, 5) is 23.8. The lowest BCUT2D eigenvalue weighted by atomic mass is 9.69. The van der Waals surface area contributed by atoms with Crippen LogP contribution in [0.3, 0.4) is 0 Å². The van der Waals surface area contributed by atoms with E-state index in [-0.39, 0.29) is 23.6 Å². The van der Waals surface area contributed by atoms with E-state index in [9.17, 15) is 4.79 Å². The van der Waals surface area contributed by atoms with E-state index in [0.29, 0.717) is 18.3 Å². The molecule has 6 atom stereocenters. The molecule has 0 unspecified atom stereocenters. The topological polar surface area (TPSA) is 44.8 Å². The van der Waals surface area contributed by atoms with Gasteiger partial charge in [0.15, 0.2) is 0 Å². The zero-order valence-corrected chi connectivity index (χ0v) is 13.0. The van der Waals surface area contributed by atoms with E-state index in [0.717, 1.165) is 25.7 Å². The van der Waals surface area contributed by atoms with E-state index < -0.39 is 5.60 Å². The minimum absolute atomic E-state index is 0.0903. The molecule has 0 amide bonds. The molecule has 2 aliphatic heterocycles. The lowest BCUT2D eigenvalue weighted by molar-refractivity contribution is -0.423. The van der Waals surface area contributed by atoms with E-state index >= 15 is 0 Å². The molecule has 114 valence electrons. The summed E-state index contributed by atoms with van der Waals surface area (Å²) < 4.78 is 5.91. The number of rotatable bonds is 4. The molecule has 3 aliphatic rings. The lowest BCUT2D eigenvalue weighted by Crippen LogP contribution is -2.55. The summed E-state index contributed by atoms with van der Waals surface area (Å²) in [6.07, 6.45) is 4.59. The van der Waals surface area contributed by atoms with Crippen molar-refractivity contribution in [3.05, 3.63) is 0 Å². The molecular formula is C16H26O4. The number of hydrogen-bond donors (Lipinski definition) is 0. The highest BCUT2D eigenvalue weighted by atomic mass is 17.2. The van der Waals surface area contributed by atoms with Crippen LogP contribution < -0.4 is 0 Å². The minimum Gasteiger partial charge on any atom is -0.456 e. The van der Waals surface area contributed by atoms with Crippen LogP contribution in [0.25, 0.3) is 0 Å². The van der Waals surface area contributed by atoms with Crippen LogP contribution in [-0.2, 0) is 19.3 Å². The van der Waals surface area contributed by atoms with Crippen LogP contribution in [-0.4, -0.2) is 23.3 Å². The summed E-state index contributed by atoms with van der Waals surface area (Å²) in [5.74, 6) is 0.889. The molecule has 1 aliphatic carbocycles. The Morgan fingerprint density at radius 3 is 2.45 bits per heavy atom. The van der Waals surface area contributed by atoms with E-state index in [1.54, 1.807) is 0 Å². The molecule has 20 heavy (non-hydrogen) atoms. The number of carbonyl (C=O) groups is 1. The summed E-state index contributed by atoms with van der Waals surface area (Å²) in [5.41, 5.74) is -1.19. The van der Waals surface area contributed by atoms with Gasteiger partial charge in [-0.1, -0.05) is 34.1 Å². The summed E-state index contributed by atoms with van der Waals surface area (Å²) in [5, 5.41) is 0. The smallest absolute Gasteiger partial charge is 0.342 e. The van der Waals surface area contributed by atoms with Gasteiger partial charge in [-0.25, -0.2) is 14.6 Å². The number of carbonyl (C=O) groups excluding carboxylic acids is 1. The molecule has 2 saturated heterocycles. The van der Waals surface area contributed by atoms with E-state index in [1.165, 1.54) is 0 Å². The second-order valence-corrected chi connectivity index (χ2v) is 6.60. The van der Waals surface area contributed by atoms with Gasteiger partial charge in [0, 0.05) is 11.8 Å². The highest BCUT2D eigenvalue weighted by Gasteiger charge is 2.74. The van der Waals surface area contributed by atoms with Crippen molar-refractivity contribution >= 4 is 5.97 Å². The van der Waals surface area contributed by atoms with Gasteiger partial charge in [0.2, 0.25) is 5.60 Å². The summed E-state index contributed by atoms with van der Waals surface area (Å²) in [6.45, 7) is 8.49. The van der Waals surface area contributed by atoms with Crippen molar-refractivity contribution in [1.29, 1.82) is 0 Å². The highest BCUT2D eigenvalue weighted by molar-refractivity contribution is 5.83. The van der Waals surface area contributed by atoms with Gasteiger partial charge < -0.3 is 4.74 Å². The summed E-state index contributed by atoms with van der Waals surface area (Å²) in [6, 6.07) is 0. The van der Waals surface area contributed by atoms with Gasteiger partial charge in [0.05, 0.1) is 6.10 Å². The molecule has 3 fully saturated rings. The van der Waals surface area contributed by atoms with Crippen LogP contribution in [0.5, 0.6) is 0 Å². The molecule has 0 radical (unpaired) electrons. The molecule has 2 heterocycles. The highest BCUT2D eigenvalue weighted by Crippen LogP contribution is 2.63. The number of hydrogen-bond acceptors (Lipinski definition) is 4. The van der Waals surface area contributed by atoms with Gasteiger partial charge >= 0.3 is 5.97 Å². The fourth-order valence-corrected chi connectivity index (χ4v) is 5.00. The van der Waals surface area contributed by atoms with Crippen molar-refractivity contribution in [2.24, 2.45) is 17.8 Å². The average molecular weight is 282 g/mol. The Kier molecular flexibility index (Phi) is 3.37. The zero-order chi connectivity index (χ0) is 14.5. The van der Waals surface area contributed by atoms with Crippen LogP contribution in [0.4, 0.5) is 0 Å². The lowest BCUT2D eigenvalue weighted by Gasteiger charge is -2.43. The first kappa shape index (κ1) is 14.3. The SMILES string of the molecule is CC[C@@H]1C[C@@]2(CC)OC(=O)[C@@]3(CC)OO[C@@H](CC)[C@@H]1[C@@H]23. The van der Waals surface area contributed by atoms with Crippen LogP contribution in [0.1, 0.15) is 59.8 Å². The van der Waals surface area contributed by atoms with Crippen LogP contribution in [0, 0.1) is 17.8 Å². The molecule has 4 nitrogen and oxygen atoms in total. The van der Waals surface area contributed by atoms with Crippen molar-refractivity contribution in [1.82, 2.24) is 0 Å². The largest absolute Gasteiger partial charge is 0.456 e. The van der Waals surface area contributed by atoms with Gasteiger partial charge in [-0.05, 0) is 31.6 Å². The Hall–Kier alpha value is -0.610. The van der Waals surface area contributed by atoms with E-state index in [1.807, 2.05) is 6.92 Å². The van der Waals surface area contributed by atoms with E-state index in [2.05, 4.69) is 20.8 Å². The second-order valence-electron chi connectivity index (χ2n) is 6.60. The predicted molar refractivity (Wildman–Crippen MR) is 73.8 cm³/mol. The van der Waals surface area contributed by atoms with Crippen molar-refractivity contribution in [2.75, 3.05) is 0 Å². The van der Waals surface area contributed by atoms with E-state index in [4.69, 9.17) is 14.5 Å². The Bertz CT molecular complexity index is 409. The van der Waals surface area contributed by atoms with Crippen molar-refractivity contribution in [3.8, 4) is 0 Å². The predicted octanol–water partition coefficient (Wildman–Crippen LogP) is 3.24. The van der Waals surface area contributed by atoms with Crippen LogP contribution in [0.15, 0.2) is 0 Å². The molecule has 0 N–H and O–H groups in total. The second kappa shape index (κ2) is 4.70. The number of esters is 1. The Morgan fingerprint density at radius 1 is 1.15 bits per heavy atom. The van der Waals surface area contributed by atoms with Crippen molar-refractivity contribution in [3.63, 3.8) is 0 Å². The maximum atomic E-state index is 12.5. The van der Waals surface area contributed by atoms with Crippen molar-refractivity contribution < 1.29 is 19.3 Å². The molecule has 0 bridgehead atoms. The monoisotopic (exact) mass is 282 g/mol. The first-order chi connectivity index (χ1) is 9.58. The molecular weight excluding hydrogens is 256 g/mol. The maximum Gasteiger partial charge on any atom is 0.342 e. The molecule has 0 aromatic rings. The Balaban J connectivity index is 2.08. The number of ether oxygens (including phenoxy) is 1. The molecule has 0 aromatic heterocycles. The quantitative estimate of drug-likeness (QED) is 0.586. The summed E-state index contributed by atoms with van der Waals surface area (Å²) >= 11 is 0. The third kappa shape index (κ3) is 1.52. The van der Waals surface area contributed by atoms with Gasteiger partial charge in [-0.3, -0.25) is 0 Å². The Labute approximate surface area is 121 Å². The Morgan fingerprint density at radius 2 is 1.90 bits per heavy atom. The maximum absolute atomic E-state index is 12.5. The normalized spacial score (nSPS) is 50.1. The molecule has 1 saturated carbocycles. The van der Waals surface area contributed by atoms with Crippen LogP contribution in [0.2, 0.25) is 0 Å². The third-order valence-corrected chi connectivity index (χ3v) is 6.05. The fourth-order valence-electron chi connectivity index (χ4n) is 5.00. The minimum atomic E-state index is -0.865. The van der Waals surface area contributed by atoms with Crippen LogP contribution >= 0.6 is 0 Å². The summed E-state index contributed by atoms with van der Waals surface area (Å²) in [7, 11) is 0. The molecule has 0 aromatic carbocycles. The third-order valence-electron chi connectivity index (χ3n) is 6.05. The van der Waals surface area contributed by atoms with Gasteiger partial charge in [0.1, 0.15) is 5.60 Å². The average Bonchev–Trinajstić information content (AvgIpc) is 2.94. The molecule has 0 spiro atoms. The van der Waals surface area contributed by atoms with Crippen molar-refractivity contribution in [2.45, 2.75) is 77.1 Å². The fraction of sp³-hybridized carbons (Fsp3) is 0.938. The first-order valence-electron chi connectivity index (χ1n) is 8.16. The molecule has 4 heteroatoms.